The summed E-state index contributed by atoms with van der Waals surface area (Å²) in [5, 5.41) is 2.50. The van der Waals surface area contributed by atoms with Gasteiger partial charge in [-0.15, -0.1) is 0 Å². The molecule has 1 aromatic carbocycles. The number of halogens is 1. The van der Waals surface area contributed by atoms with Gasteiger partial charge in [-0.1, -0.05) is 15.9 Å². The highest BCUT2D eigenvalue weighted by Crippen LogP contribution is 2.16. The quantitative estimate of drug-likeness (QED) is 0.866. The van der Waals surface area contributed by atoms with E-state index in [0.29, 0.717) is 12.2 Å². The first-order chi connectivity index (χ1) is 8.04. The van der Waals surface area contributed by atoms with Gasteiger partial charge >= 0.3 is 5.97 Å². The highest BCUT2D eigenvalue weighted by Gasteiger charge is 2.09. The molecule has 0 saturated carbocycles. The summed E-state index contributed by atoms with van der Waals surface area (Å²) < 4.78 is 5.65. The minimum absolute atomic E-state index is 0.109. The van der Waals surface area contributed by atoms with Crippen molar-refractivity contribution < 1.29 is 14.3 Å². The smallest absolute Gasteiger partial charge is 0.325 e. The molecule has 0 radical (unpaired) electrons. The van der Waals surface area contributed by atoms with Crippen LogP contribution in [0.3, 0.4) is 0 Å². The lowest BCUT2D eigenvalue weighted by molar-refractivity contribution is -0.141. The summed E-state index contributed by atoms with van der Waals surface area (Å²) in [7, 11) is 0. The van der Waals surface area contributed by atoms with E-state index in [-0.39, 0.29) is 12.5 Å². The van der Waals surface area contributed by atoms with Gasteiger partial charge < -0.3 is 10.1 Å². The average Bonchev–Trinajstić information content (AvgIpc) is 2.30. The van der Waals surface area contributed by atoms with Gasteiger partial charge in [0.15, 0.2) is 0 Å². The Morgan fingerprint density at radius 3 is 2.71 bits per heavy atom. The third-order valence-electron chi connectivity index (χ3n) is 2.12. The Morgan fingerprint density at radius 1 is 1.41 bits per heavy atom. The predicted octanol–water partition coefficient (Wildman–Crippen LogP) is 2.05. The van der Waals surface area contributed by atoms with Crippen molar-refractivity contribution in [3.8, 4) is 0 Å². The molecule has 0 atom stereocenters. The topological polar surface area (TPSA) is 55.4 Å². The molecule has 0 spiro atoms. The molecule has 0 saturated heterocycles. The van der Waals surface area contributed by atoms with Crippen LogP contribution in [0.25, 0.3) is 0 Å². The fraction of sp³-hybridized carbons (Fsp3) is 0.333. The van der Waals surface area contributed by atoms with Gasteiger partial charge in [0, 0.05) is 10.0 Å². The molecule has 0 aromatic heterocycles. The zero-order chi connectivity index (χ0) is 12.8. The summed E-state index contributed by atoms with van der Waals surface area (Å²) in [4.78, 5) is 22.7. The van der Waals surface area contributed by atoms with Gasteiger partial charge in [-0.3, -0.25) is 9.59 Å². The van der Waals surface area contributed by atoms with E-state index in [4.69, 9.17) is 4.74 Å². The van der Waals surface area contributed by atoms with E-state index in [1.165, 1.54) is 0 Å². The van der Waals surface area contributed by atoms with Crippen molar-refractivity contribution in [2.75, 3.05) is 13.2 Å². The molecule has 92 valence electrons. The van der Waals surface area contributed by atoms with Gasteiger partial charge in [0.1, 0.15) is 6.54 Å². The molecule has 0 aliphatic carbocycles. The number of hydrogen-bond donors (Lipinski definition) is 1. The second-order valence-electron chi connectivity index (χ2n) is 3.45. The monoisotopic (exact) mass is 299 g/mol. The Kier molecular flexibility index (Phi) is 5.15. The van der Waals surface area contributed by atoms with Gasteiger partial charge in [-0.2, -0.15) is 0 Å². The molecule has 5 heteroatoms. The first kappa shape index (κ1) is 13.7. The number of carbonyl (C=O) groups excluding carboxylic acids is 2. The number of esters is 1. The number of hydrogen-bond acceptors (Lipinski definition) is 3. The van der Waals surface area contributed by atoms with E-state index in [2.05, 4.69) is 21.2 Å². The van der Waals surface area contributed by atoms with Gasteiger partial charge in [-0.25, -0.2) is 0 Å². The molecule has 0 bridgehead atoms. The molecule has 0 unspecified atom stereocenters. The molecule has 0 aliphatic heterocycles. The summed E-state index contributed by atoms with van der Waals surface area (Å²) in [6.45, 7) is 3.82. The summed E-state index contributed by atoms with van der Waals surface area (Å²) in [5.41, 5.74) is 1.49. The van der Waals surface area contributed by atoms with Gasteiger partial charge in [0.05, 0.1) is 6.61 Å². The van der Waals surface area contributed by atoms with E-state index in [1.807, 2.05) is 6.92 Å². The van der Waals surface area contributed by atoms with Gasteiger partial charge in [-0.05, 0) is 37.6 Å². The number of rotatable bonds is 4. The zero-order valence-electron chi connectivity index (χ0n) is 9.75. The molecular formula is C12H14BrNO3. The van der Waals surface area contributed by atoms with Crippen LogP contribution in [-0.2, 0) is 9.53 Å². The molecule has 1 amide bonds. The van der Waals surface area contributed by atoms with Crippen molar-refractivity contribution in [3.05, 3.63) is 33.8 Å². The number of ether oxygens (including phenoxy) is 1. The lowest BCUT2D eigenvalue weighted by Crippen LogP contribution is -2.30. The van der Waals surface area contributed by atoms with E-state index in [9.17, 15) is 9.59 Å². The van der Waals surface area contributed by atoms with Crippen LogP contribution in [0.2, 0.25) is 0 Å². The average molecular weight is 300 g/mol. The maximum Gasteiger partial charge on any atom is 0.325 e. The molecule has 1 aromatic rings. The Morgan fingerprint density at radius 2 is 2.12 bits per heavy atom. The minimum atomic E-state index is -0.435. The van der Waals surface area contributed by atoms with Crippen molar-refractivity contribution >= 4 is 27.8 Å². The van der Waals surface area contributed by atoms with Gasteiger partial charge in [0.2, 0.25) is 0 Å². The second-order valence-corrected chi connectivity index (χ2v) is 4.31. The normalized spacial score (nSPS) is 9.82. The van der Waals surface area contributed by atoms with Crippen molar-refractivity contribution in [2.45, 2.75) is 13.8 Å². The number of benzene rings is 1. The van der Waals surface area contributed by atoms with Crippen LogP contribution in [0.15, 0.2) is 22.7 Å². The maximum absolute atomic E-state index is 11.7. The fourth-order valence-corrected chi connectivity index (χ4v) is 1.50. The minimum Gasteiger partial charge on any atom is -0.465 e. The molecule has 4 nitrogen and oxygen atoms in total. The van der Waals surface area contributed by atoms with Crippen LogP contribution in [0, 0.1) is 6.92 Å². The molecule has 0 aliphatic rings. The maximum atomic E-state index is 11.7. The zero-order valence-corrected chi connectivity index (χ0v) is 11.3. The molecule has 1 rings (SSSR count). The van der Waals surface area contributed by atoms with Crippen molar-refractivity contribution in [2.24, 2.45) is 0 Å². The summed E-state index contributed by atoms with van der Waals surface area (Å²) in [6, 6.07) is 5.25. The van der Waals surface area contributed by atoms with E-state index < -0.39 is 5.97 Å². The number of aryl methyl sites for hydroxylation is 1. The number of amides is 1. The van der Waals surface area contributed by atoms with Crippen LogP contribution in [0.4, 0.5) is 0 Å². The van der Waals surface area contributed by atoms with Crippen LogP contribution >= 0.6 is 15.9 Å². The van der Waals surface area contributed by atoms with Crippen molar-refractivity contribution in [1.82, 2.24) is 5.32 Å². The second kappa shape index (κ2) is 6.39. The van der Waals surface area contributed by atoms with Crippen LogP contribution < -0.4 is 5.32 Å². The van der Waals surface area contributed by atoms with Crippen molar-refractivity contribution in [1.29, 1.82) is 0 Å². The SMILES string of the molecule is CCOC(=O)CNC(=O)c1ccc(Br)c(C)c1. The number of nitrogens with one attached hydrogen (secondary N) is 1. The Hall–Kier alpha value is -1.36. The van der Waals surface area contributed by atoms with E-state index in [1.54, 1.807) is 25.1 Å². The Labute approximate surface area is 108 Å². The summed E-state index contributed by atoms with van der Waals surface area (Å²) in [6.07, 6.45) is 0. The first-order valence-corrected chi connectivity index (χ1v) is 6.04. The van der Waals surface area contributed by atoms with Crippen LogP contribution in [0.5, 0.6) is 0 Å². The molecule has 17 heavy (non-hydrogen) atoms. The Bertz CT molecular complexity index is 432. The number of carbonyl (C=O) groups is 2. The molecular weight excluding hydrogens is 286 g/mol. The third-order valence-corrected chi connectivity index (χ3v) is 3.01. The van der Waals surface area contributed by atoms with E-state index in [0.717, 1.165) is 10.0 Å². The fourth-order valence-electron chi connectivity index (χ4n) is 1.25. The third kappa shape index (κ3) is 4.19. The largest absolute Gasteiger partial charge is 0.465 e. The summed E-state index contributed by atoms with van der Waals surface area (Å²) >= 11 is 3.36. The summed E-state index contributed by atoms with van der Waals surface area (Å²) in [5.74, 6) is -0.719. The highest BCUT2D eigenvalue weighted by atomic mass is 79.9. The van der Waals surface area contributed by atoms with E-state index >= 15 is 0 Å². The predicted molar refractivity (Wildman–Crippen MR) is 67.8 cm³/mol. The molecule has 0 heterocycles. The highest BCUT2D eigenvalue weighted by molar-refractivity contribution is 9.10. The lowest BCUT2D eigenvalue weighted by Gasteiger charge is -2.06. The van der Waals surface area contributed by atoms with Crippen LogP contribution in [-0.4, -0.2) is 25.0 Å². The van der Waals surface area contributed by atoms with Crippen LogP contribution in [0.1, 0.15) is 22.8 Å². The first-order valence-electron chi connectivity index (χ1n) is 5.24. The lowest BCUT2D eigenvalue weighted by atomic mass is 10.1. The standard InChI is InChI=1S/C12H14BrNO3/c1-3-17-11(15)7-14-12(16)9-4-5-10(13)8(2)6-9/h4-6H,3,7H2,1-2H3,(H,14,16). The van der Waals surface area contributed by atoms with Gasteiger partial charge in [0.25, 0.3) is 5.91 Å². The Balaban J connectivity index is 2.58. The molecule has 0 fully saturated rings. The van der Waals surface area contributed by atoms with Crippen molar-refractivity contribution in [3.63, 3.8) is 0 Å². The molecule has 1 N–H and O–H groups in total.